The number of halogens is 2. The lowest BCUT2D eigenvalue weighted by molar-refractivity contribution is -0.123. The first-order chi connectivity index (χ1) is 11.4. The van der Waals surface area contributed by atoms with E-state index in [4.69, 9.17) is 4.74 Å². The average molecular weight is 333 g/mol. The Balaban J connectivity index is 1.87. The molecule has 0 aliphatic rings. The third-order valence-corrected chi connectivity index (χ3v) is 3.74. The molecular weight excluding hydrogens is 312 g/mol. The Kier molecular flexibility index (Phi) is 5.90. The van der Waals surface area contributed by atoms with Gasteiger partial charge >= 0.3 is 0 Å². The molecule has 0 saturated carbocycles. The molecule has 1 atom stereocenters. The Morgan fingerprint density at radius 1 is 1.00 bits per heavy atom. The van der Waals surface area contributed by atoms with Crippen LogP contribution in [0.2, 0.25) is 0 Å². The molecule has 1 unspecified atom stereocenters. The van der Waals surface area contributed by atoms with E-state index in [9.17, 15) is 13.6 Å². The topological polar surface area (TPSA) is 38.3 Å². The predicted molar refractivity (Wildman–Crippen MR) is 88.9 cm³/mol. The van der Waals surface area contributed by atoms with Gasteiger partial charge in [-0.25, -0.2) is 8.78 Å². The third kappa shape index (κ3) is 4.78. The molecule has 0 spiro atoms. The number of nitrogens with one attached hydrogen (secondary N) is 1. The SMILES string of the molecule is CC(C)c1ccc(OCC(=O)NC(C)c2ccc(F)c(F)c2)cc1. The van der Waals surface area contributed by atoms with Crippen molar-refractivity contribution in [1.29, 1.82) is 0 Å². The fourth-order valence-corrected chi connectivity index (χ4v) is 2.25. The highest BCUT2D eigenvalue weighted by Crippen LogP contribution is 2.19. The van der Waals surface area contributed by atoms with Gasteiger partial charge in [-0.2, -0.15) is 0 Å². The number of hydrogen-bond donors (Lipinski definition) is 1. The average Bonchev–Trinajstić information content (AvgIpc) is 2.55. The zero-order chi connectivity index (χ0) is 17.7. The Morgan fingerprint density at radius 2 is 1.62 bits per heavy atom. The summed E-state index contributed by atoms with van der Waals surface area (Å²) in [6, 6.07) is 10.7. The van der Waals surface area contributed by atoms with E-state index in [-0.39, 0.29) is 12.5 Å². The van der Waals surface area contributed by atoms with Crippen molar-refractivity contribution in [2.24, 2.45) is 0 Å². The minimum absolute atomic E-state index is 0.144. The predicted octanol–water partition coefficient (Wildman–Crippen LogP) is 4.34. The fraction of sp³-hybridized carbons (Fsp3) is 0.316. The molecule has 0 aliphatic heterocycles. The summed E-state index contributed by atoms with van der Waals surface area (Å²) in [5.41, 5.74) is 1.68. The van der Waals surface area contributed by atoms with Gasteiger partial charge in [0.15, 0.2) is 18.2 Å². The second kappa shape index (κ2) is 7.90. The van der Waals surface area contributed by atoms with Gasteiger partial charge in [-0.3, -0.25) is 4.79 Å². The van der Waals surface area contributed by atoms with E-state index in [1.807, 2.05) is 24.3 Å². The van der Waals surface area contributed by atoms with E-state index in [1.54, 1.807) is 6.92 Å². The summed E-state index contributed by atoms with van der Waals surface area (Å²) in [4.78, 5) is 11.9. The first kappa shape index (κ1) is 17.9. The van der Waals surface area contributed by atoms with Crippen molar-refractivity contribution < 1.29 is 18.3 Å². The molecule has 2 aromatic rings. The zero-order valence-electron chi connectivity index (χ0n) is 14.0. The standard InChI is InChI=1S/C19H21F2NO2/c1-12(2)14-4-7-16(8-5-14)24-11-19(23)22-13(3)15-6-9-17(20)18(21)10-15/h4-10,12-13H,11H2,1-3H3,(H,22,23). The minimum Gasteiger partial charge on any atom is -0.484 e. The molecule has 0 bridgehead atoms. The van der Waals surface area contributed by atoms with Gasteiger partial charge in [-0.1, -0.05) is 32.0 Å². The number of ether oxygens (including phenoxy) is 1. The molecule has 2 aromatic carbocycles. The first-order valence-electron chi connectivity index (χ1n) is 7.84. The van der Waals surface area contributed by atoms with Crippen molar-refractivity contribution in [1.82, 2.24) is 5.32 Å². The van der Waals surface area contributed by atoms with Crippen molar-refractivity contribution in [3.63, 3.8) is 0 Å². The normalized spacial score (nSPS) is 12.1. The summed E-state index contributed by atoms with van der Waals surface area (Å²) in [7, 11) is 0. The monoisotopic (exact) mass is 333 g/mol. The highest BCUT2D eigenvalue weighted by molar-refractivity contribution is 5.78. The van der Waals surface area contributed by atoms with Gasteiger partial charge < -0.3 is 10.1 Å². The lowest BCUT2D eigenvalue weighted by atomic mass is 10.0. The second-order valence-electron chi connectivity index (χ2n) is 5.98. The Bertz CT molecular complexity index is 699. The molecule has 1 amide bonds. The second-order valence-corrected chi connectivity index (χ2v) is 5.98. The maximum absolute atomic E-state index is 13.2. The quantitative estimate of drug-likeness (QED) is 0.854. The molecule has 24 heavy (non-hydrogen) atoms. The van der Waals surface area contributed by atoms with Gasteiger partial charge in [0.05, 0.1) is 6.04 Å². The summed E-state index contributed by atoms with van der Waals surface area (Å²) < 4.78 is 31.6. The van der Waals surface area contributed by atoms with E-state index < -0.39 is 17.7 Å². The molecule has 2 rings (SSSR count). The summed E-state index contributed by atoms with van der Waals surface area (Å²) >= 11 is 0. The molecule has 0 heterocycles. The summed E-state index contributed by atoms with van der Waals surface area (Å²) in [6.45, 7) is 5.75. The van der Waals surface area contributed by atoms with Crippen molar-refractivity contribution in [3.05, 3.63) is 65.2 Å². The van der Waals surface area contributed by atoms with Gasteiger partial charge in [0.1, 0.15) is 5.75 Å². The number of hydrogen-bond acceptors (Lipinski definition) is 2. The Hall–Kier alpha value is -2.43. The van der Waals surface area contributed by atoms with Gasteiger partial charge in [-0.15, -0.1) is 0 Å². The molecule has 0 aliphatic carbocycles. The molecule has 0 saturated heterocycles. The van der Waals surface area contributed by atoms with Crippen LogP contribution in [0.15, 0.2) is 42.5 Å². The van der Waals surface area contributed by atoms with Crippen LogP contribution >= 0.6 is 0 Å². The molecule has 3 nitrogen and oxygen atoms in total. The van der Waals surface area contributed by atoms with Crippen LogP contribution in [0.1, 0.15) is 43.9 Å². The lowest BCUT2D eigenvalue weighted by Gasteiger charge is -2.15. The smallest absolute Gasteiger partial charge is 0.258 e. The number of amides is 1. The minimum atomic E-state index is -0.935. The number of rotatable bonds is 6. The van der Waals surface area contributed by atoms with E-state index in [0.717, 1.165) is 12.1 Å². The van der Waals surface area contributed by atoms with Crippen LogP contribution in [0, 0.1) is 11.6 Å². The van der Waals surface area contributed by atoms with Crippen LogP contribution in [-0.4, -0.2) is 12.5 Å². The molecule has 0 fully saturated rings. The van der Waals surface area contributed by atoms with Crippen LogP contribution in [0.5, 0.6) is 5.75 Å². The van der Waals surface area contributed by atoms with E-state index in [2.05, 4.69) is 19.2 Å². The van der Waals surface area contributed by atoms with E-state index in [0.29, 0.717) is 17.2 Å². The molecule has 128 valence electrons. The fourth-order valence-electron chi connectivity index (χ4n) is 2.25. The molecule has 0 aromatic heterocycles. The van der Waals surface area contributed by atoms with Gasteiger partial charge in [-0.05, 0) is 48.2 Å². The molecule has 5 heteroatoms. The maximum Gasteiger partial charge on any atom is 0.258 e. The van der Waals surface area contributed by atoms with Crippen molar-refractivity contribution in [3.8, 4) is 5.75 Å². The summed E-state index contributed by atoms with van der Waals surface area (Å²) in [5.74, 6) is -1.14. The van der Waals surface area contributed by atoms with Crippen molar-refractivity contribution in [2.45, 2.75) is 32.7 Å². The molecule has 0 radical (unpaired) electrons. The highest BCUT2D eigenvalue weighted by atomic mass is 19.2. The Morgan fingerprint density at radius 3 is 2.21 bits per heavy atom. The number of benzene rings is 2. The van der Waals surface area contributed by atoms with Gasteiger partial charge in [0, 0.05) is 0 Å². The lowest BCUT2D eigenvalue weighted by Crippen LogP contribution is -2.31. The van der Waals surface area contributed by atoms with Crippen molar-refractivity contribution in [2.75, 3.05) is 6.61 Å². The van der Waals surface area contributed by atoms with Crippen LogP contribution in [0.25, 0.3) is 0 Å². The maximum atomic E-state index is 13.2. The zero-order valence-corrected chi connectivity index (χ0v) is 14.0. The van der Waals surface area contributed by atoms with Gasteiger partial charge in [0.25, 0.3) is 5.91 Å². The number of carbonyl (C=O) groups excluding carboxylic acids is 1. The van der Waals surface area contributed by atoms with Crippen LogP contribution in [0.4, 0.5) is 8.78 Å². The van der Waals surface area contributed by atoms with E-state index in [1.165, 1.54) is 11.6 Å². The summed E-state index contributed by atoms with van der Waals surface area (Å²) in [5, 5.41) is 2.69. The van der Waals surface area contributed by atoms with Gasteiger partial charge in [0.2, 0.25) is 0 Å². The summed E-state index contributed by atoms with van der Waals surface area (Å²) in [6.07, 6.45) is 0. The van der Waals surface area contributed by atoms with Crippen LogP contribution in [-0.2, 0) is 4.79 Å². The van der Waals surface area contributed by atoms with Crippen LogP contribution in [0.3, 0.4) is 0 Å². The highest BCUT2D eigenvalue weighted by Gasteiger charge is 2.12. The third-order valence-electron chi connectivity index (χ3n) is 3.74. The first-order valence-corrected chi connectivity index (χ1v) is 7.84. The Labute approximate surface area is 140 Å². The molecule has 1 N–H and O–H groups in total. The largest absolute Gasteiger partial charge is 0.484 e. The van der Waals surface area contributed by atoms with Crippen molar-refractivity contribution >= 4 is 5.91 Å². The van der Waals surface area contributed by atoms with E-state index >= 15 is 0 Å². The molecular formula is C19H21F2NO2. The van der Waals surface area contributed by atoms with Crippen LogP contribution < -0.4 is 10.1 Å². The number of carbonyl (C=O) groups is 1.